The summed E-state index contributed by atoms with van der Waals surface area (Å²) in [5.41, 5.74) is 8.89. The van der Waals surface area contributed by atoms with E-state index >= 15 is 0 Å². The number of amides is 1. The van der Waals surface area contributed by atoms with Gasteiger partial charge in [-0.25, -0.2) is 9.78 Å². The van der Waals surface area contributed by atoms with E-state index < -0.39 is 11.6 Å². The monoisotopic (exact) mass is 451 g/mol. The predicted molar refractivity (Wildman–Crippen MR) is 131 cm³/mol. The molecule has 9 heteroatoms. The Morgan fingerprint density at radius 1 is 1.33 bits per heavy atom. The highest BCUT2D eigenvalue weighted by molar-refractivity contribution is 5.69. The van der Waals surface area contributed by atoms with Gasteiger partial charge in [0.25, 0.3) is 0 Å². The van der Waals surface area contributed by atoms with Crippen LogP contribution in [0.2, 0.25) is 0 Å². The molecule has 1 atom stereocenters. The minimum absolute atomic E-state index is 0.102. The molecule has 4 N–H and O–H groups in total. The number of piperidine rings is 1. The fourth-order valence-corrected chi connectivity index (χ4v) is 4.62. The molecule has 1 aliphatic rings. The van der Waals surface area contributed by atoms with Crippen molar-refractivity contribution in [2.75, 3.05) is 29.0 Å². The number of hydrogen-bond acceptors (Lipinski definition) is 6. The third-order valence-corrected chi connectivity index (χ3v) is 6.09. The lowest BCUT2D eigenvalue weighted by atomic mass is 9.97. The number of fused-ring (bicyclic) bond motifs is 1. The van der Waals surface area contributed by atoms with Crippen LogP contribution >= 0.6 is 0 Å². The van der Waals surface area contributed by atoms with E-state index in [1.165, 1.54) is 0 Å². The number of benzene rings is 1. The number of hydrogen-bond donors (Lipinski definition) is 3. The quantitative estimate of drug-likeness (QED) is 0.494. The number of nitrogens with one attached hydrogen (secondary N) is 1. The van der Waals surface area contributed by atoms with Crippen molar-refractivity contribution in [3.05, 3.63) is 42.1 Å². The average molecular weight is 452 g/mol. The van der Waals surface area contributed by atoms with Crippen molar-refractivity contribution < 1.29 is 9.90 Å². The number of rotatable bonds is 5. The zero-order chi connectivity index (χ0) is 23.8. The van der Waals surface area contributed by atoms with Gasteiger partial charge in [-0.3, -0.25) is 4.90 Å². The lowest BCUT2D eigenvalue weighted by Crippen LogP contribution is -2.57. The van der Waals surface area contributed by atoms with E-state index in [1.807, 2.05) is 61.8 Å². The molecule has 1 aliphatic heterocycles. The highest BCUT2D eigenvalue weighted by Gasteiger charge is 2.36. The third-order valence-electron chi connectivity index (χ3n) is 6.09. The molecule has 1 amide bonds. The molecule has 0 saturated carbocycles. The first-order valence-corrected chi connectivity index (χ1v) is 11.4. The lowest BCUT2D eigenvalue weighted by Gasteiger charge is -2.44. The Kier molecular flexibility index (Phi) is 6.05. The average Bonchev–Trinajstić information content (AvgIpc) is 3.16. The summed E-state index contributed by atoms with van der Waals surface area (Å²) in [5, 5.41) is 17.9. The first-order chi connectivity index (χ1) is 15.7. The summed E-state index contributed by atoms with van der Waals surface area (Å²) >= 11 is 0. The van der Waals surface area contributed by atoms with Gasteiger partial charge >= 0.3 is 6.09 Å². The Hall–Kier alpha value is -3.49. The van der Waals surface area contributed by atoms with Gasteiger partial charge in [0.1, 0.15) is 11.6 Å². The third kappa shape index (κ3) is 4.67. The SMILES string of the molecule is CCc1cnn2c(Nc3cccc(N)c3)cc(N3CCCC(N(C(=O)O)C(C)(C)C)C3)nc12. The molecule has 1 unspecified atom stereocenters. The van der Waals surface area contributed by atoms with E-state index in [1.54, 1.807) is 4.90 Å². The van der Waals surface area contributed by atoms with Gasteiger partial charge in [-0.05, 0) is 58.2 Å². The van der Waals surface area contributed by atoms with Gasteiger partial charge in [0.2, 0.25) is 0 Å². The van der Waals surface area contributed by atoms with Crippen LogP contribution in [0.25, 0.3) is 5.65 Å². The number of aryl methyl sites for hydroxylation is 1. The van der Waals surface area contributed by atoms with E-state index in [4.69, 9.17) is 10.7 Å². The number of nitrogen functional groups attached to an aromatic ring is 1. The van der Waals surface area contributed by atoms with Crippen molar-refractivity contribution in [2.24, 2.45) is 0 Å². The Bertz CT molecular complexity index is 1150. The second-order valence-corrected chi connectivity index (χ2v) is 9.57. The summed E-state index contributed by atoms with van der Waals surface area (Å²) in [7, 11) is 0. The molecule has 0 radical (unpaired) electrons. The van der Waals surface area contributed by atoms with Crippen molar-refractivity contribution in [1.82, 2.24) is 19.5 Å². The molecule has 2 aromatic heterocycles. The van der Waals surface area contributed by atoms with Gasteiger partial charge in [0.05, 0.1) is 12.2 Å². The molecule has 0 bridgehead atoms. The molecule has 1 saturated heterocycles. The molecular weight excluding hydrogens is 418 g/mol. The Labute approximate surface area is 194 Å². The molecule has 0 spiro atoms. The van der Waals surface area contributed by atoms with Crippen molar-refractivity contribution in [3.8, 4) is 0 Å². The molecule has 176 valence electrons. The maximum atomic E-state index is 12.1. The largest absolute Gasteiger partial charge is 0.465 e. The van der Waals surface area contributed by atoms with Crippen LogP contribution in [0, 0.1) is 0 Å². The first-order valence-electron chi connectivity index (χ1n) is 11.4. The molecule has 4 rings (SSSR count). The Balaban J connectivity index is 1.71. The normalized spacial score (nSPS) is 16.7. The fraction of sp³-hybridized carbons (Fsp3) is 0.458. The summed E-state index contributed by atoms with van der Waals surface area (Å²) in [4.78, 5) is 20.8. The topological polar surface area (TPSA) is 112 Å². The number of nitrogens with zero attached hydrogens (tertiary/aromatic N) is 5. The standard InChI is InChI=1S/C24H33N7O2/c1-5-16-14-26-31-21(27-18-9-6-8-17(25)12-18)13-20(28-22(16)31)29-11-7-10-19(15-29)30(23(32)33)24(2,3)4/h6,8-9,12-14,19,27H,5,7,10-11,15,25H2,1-4H3,(H,32,33). The summed E-state index contributed by atoms with van der Waals surface area (Å²) in [6, 6.07) is 9.46. The Morgan fingerprint density at radius 2 is 2.12 bits per heavy atom. The maximum Gasteiger partial charge on any atom is 0.408 e. The van der Waals surface area contributed by atoms with Crippen LogP contribution in [0.4, 0.5) is 27.8 Å². The highest BCUT2D eigenvalue weighted by atomic mass is 16.4. The highest BCUT2D eigenvalue weighted by Crippen LogP contribution is 2.30. The fourth-order valence-electron chi connectivity index (χ4n) is 4.62. The van der Waals surface area contributed by atoms with Crippen LogP contribution in [0.3, 0.4) is 0 Å². The number of anilines is 4. The van der Waals surface area contributed by atoms with Crippen LogP contribution < -0.4 is 16.0 Å². The van der Waals surface area contributed by atoms with Crippen LogP contribution in [-0.4, -0.2) is 55.4 Å². The maximum absolute atomic E-state index is 12.1. The van der Waals surface area contributed by atoms with Crippen LogP contribution in [0.15, 0.2) is 36.5 Å². The Morgan fingerprint density at radius 3 is 2.79 bits per heavy atom. The lowest BCUT2D eigenvalue weighted by molar-refractivity contribution is 0.0647. The molecule has 33 heavy (non-hydrogen) atoms. The van der Waals surface area contributed by atoms with Gasteiger partial charge in [0, 0.05) is 41.6 Å². The van der Waals surface area contributed by atoms with E-state index in [0.717, 1.165) is 54.3 Å². The van der Waals surface area contributed by atoms with Crippen molar-refractivity contribution in [2.45, 2.75) is 58.5 Å². The second-order valence-electron chi connectivity index (χ2n) is 9.57. The molecule has 1 aromatic carbocycles. The molecule has 1 fully saturated rings. The van der Waals surface area contributed by atoms with Gasteiger partial charge in [-0.15, -0.1) is 0 Å². The minimum atomic E-state index is -0.883. The number of aromatic nitrogens is 3. The molecule has 3 aromatic rings. The molecular formula is C24H33N7O2. The summed E-state index contributed by atoms with van der Waals surface area (Å²) in [6.07, 6.45) is 3.52. The van der Waals surface area contributed by atoms with Crippen molar-refractivity contribution in [3.63, 3.8) is 0 Å². The van der Waals surface area contributed by atoms with Gasteiger partial charge in [-0.2, -0.15) is 9.61 Å². The number of nitrogens with two attached hydrogens (primary N) is 1. The smallest absolute Gasteiger partial charge is 0.408 e. The van der Waals surface area contributed by atoms with Gasteiger partial charge in [0.15, 0.2) is 5.65 Å². The minimum Gasteiger partial charge on any atom is -0.465 e. The molecule has 3 heterocycles. The zero-order valence-electron chi connectivity index (χ0n) is 19.7. The van der Waals surface area contributed by atoms with Crippen molar-refractivity contribution >= 4 is 34.8 Å². The first kappa shape index (κ1) is 22.7. The van der Waals surface area contributed by atoms with Gasteiger partial charge in [-0.1, -0.05) is 13.0 Å². The van der Waals surface area contributed by atoms with Crippen LogP contribution in [-0.2, 0) is 6.42 Å². The van der Waals surface area contributed by atoms with E-state index in [-0.39, 0.29) is 6.04 Å². The van der Waals surface area contributed by atoms with Crippen LogP contribution in [0.5, 0.6) is 0 Å². The number of carbonyl (C=O) groups is 1. The molecule has 9 nitrogen and oxygen atoms in total. The molecule has 0 aliphatic carbocycles. The summed E-state index contributed by atoms with van der Waals surface area (Å²) < 4.78 is 1.81. The van der Waals surface area contributed by atoms with E-state index in [0.29, 0.717) is 12.2 Å². The van der Waals surface area contributed by atoms with Gasteiger partial charge < -0.3 is 21.1 Å². The zero-order valence-corrected chi connectivity index (χ0v) is 19.7. The van der Waals surface area contributed by atoms with Crippen LogP contribution in [0.1, 0.15) is 46.1 Å². The number of carboxylic acid groups (broad SMARTS) is 1. The predicted octanol–water partition coefficient (Wildman–Crippen LogP) is 4.36. The van der Waals surface area contributed by atoms with E-state index in [9.17, 15) is 9.90 Å². The van der Waals surface area contributed by atoms with Crippen molar-refractivity contribution in [1.29, 1.82) is 0 Å². The second kappa shape index (κ2) is 8.80. The van der Waals surface area contributed by atoms with E-state index in [2.05, 4.69) is 22.2 Å². The summed E-state index contributed by atoms with van der Waals surface area (Å²) in [5.74, 6) is 1.60. The summed E-state index contributed by atoms with van der Waals surface area (Å²) in [6.45, 7) is 9.33.